The largest absolute Gasteiger partial charge is 0.474 e. The fourth-order valence-corrected chi connectivity index (χ4v) is 3.60. The molecule has 1 aliphatic rings. The summed E-state index contributed by atoms with van der Waals surface area (Å²) in [6.07, 6.45) is 4.65. The molecule has 0 spiro atoms. The predicted octanol–water partition coefficient (Wildman–Crippen LogP) is 5.26. The van der Waals surface area contributed by atoms with Crippen molar-refractivity contribution in [1.29, 1.82) is 0 Å². The molecular formula is C19H23BrClN3O3. The smallest absolute Gasteiger partial charge is 0.407 e. The highest BCUT2D eigenvalue weighted by Gasteiger charge is 2.26. The van der Waals surface area contributed by atoms with Crippen molar-refractivity contribution >= 4 is 44.5 Å². The van der Waals surface area contributed by atoms with Gasteiger partial charge in [0.05, 0.1) is 10.9 Å². The molecule has 0 saturated heterocycles. The number of alkyl carbamates (subject to hydrolysis) is 1. The summed E-state index contributed by atoms with van der Waals surface area (Å²) in [7, 11) is 0. The molecule has 1 N–H and O–H groups in total. The highest BCUT2D eigenvalue weighted by Crippen LogP contribution is 2.31. The summed E-state index contributed by atoms with van der Waals surface area (Å²) in [5.74, 6) is 0.495. The van der Waals surface area contributed by atoms with Crippen molar-refractivity contribution in [3.05, 3.63) is 28.0 Å². The molecule has 0 aliphatic heterocycles. The van der Waals surface area contributed by atoms with E-state index in [4.69, 9.17) is 21.1 Å². The summed E-state index contributed by atoms with van der Waals surface area (Å²) in [5, 5.41) is 4.11. The second-order valence-electron chi connectivity index (χ2n) is 7.71. The molecule has 0 bridgehead atoms. The predicted molar refractivity (Wildman–Crippen MR) is 108 cm³/mol. The Hall–Kier alpha value is -1.60. The first-order valence-electron chi connectivity index (χ1n) is 8.97. The molecule has 1 fully saturated rings. The SMILES string of the molecule is CC(C)(C)OC(=O)N[C@H]1CC[C@@H](Oc2nc(Cl)cc3ncc(Br)cc23)CC1. The van der Waals surface area contributed by atoms with Crippen LogP contribution < -0.4 is 10.1 Å². The first kappa shape index (κ1) is 20.1. The van der Waals surface area contributed by atoms with E-state index in [0.717, 1.165) is 41.1 Å². The van der Waals surface area contributed by atoms with E-state index in [1.165, 1.54) is 0 Å². The van der Waals surface area contributed by atoms with Gasteiger partial charge < -0.3 is 14.8 Å². The number of halogens is 2. The lowest BCUT2D eigenvalue weighted by Crippen LogP contribution is -2.42. The van der Waals surface area contributed by atoms with E-state index in [1.807, 2.05) is 26.8 Å². The van der Waals surface area contributed by atoms with Crippen molar-refractivity contribution in [3.63, 3.8) is 0 Å². The fourth-order valence-electron chi connectivity index (χ4n) is 3.09. The second kappa shape index (κ2) is 8.19. The summed E-state index contributed by atoms with van der Waals surface area (Å²) >= 11 is 9.54. The molecule has 1 saturated carbocycles. The van der Waals surface area contributed by atoms with Crippen LogP contribution in [0.1, 0.15) is 46.5 Å². The molecule has 2 heterocycles. The van der Waals surface area contributed by atoms with E-state index >= 15 is 0 Å². The minimum absolute atomic E-state index is 0.0230. The van der Waals surface area contributed by atoms with Gasteiger partial charge in [-0.05, 0) is 68.5 Å². The number of hydrogen-bond acceptors (Lipinski definition) is 5. The number of nitrogens with one attached hydrogen (secondary N) is 1. The molecule has 1 amide bonds. The van der Waals surface area contributed by atoms with Crippen molar-refractivity contribution in [2.75, 3.05) is 0 Å². The van der Waals surface area contributed by atoms with Crippen LogP contribution in [0.15, 0.2) is 22.8 Å². The van der Waals surface area contributed by atoms with Crippen molar-refractivity contribution in [2.45, 2.75) is 64.2 Å². The Morgan fingerprint density at radius 3 is 2.63 bits per heavy atom. The van der Waals surface area contributed by atoms with Gasteiger partial charge in [0, 0.05) is 22.8 Å². The van der Waals surface area contributed by atoms with Gasteiger partial charge in [0.2, 0.25) is 5.88 Å². The molecule has 146 valence electrons. The van der Waals surface area contributed by atoms with Crippen LogP contribution in [-0.4, -0.2) is 33.8 Å². The van der Waals surface area contributed by atoms with Gasteiger partial charge in [-0.25, -0.2) is 9.78 Å². The van der Waals surface area contributed by atoms with Crippen LogP contribution in [0.4, 0.5) is 4.79 Å². The Labute approximate surface area is 172 Å². The van der Waals surface area contributed by atoms with Crippen molar-refractivity contribution in [2.24, 2.45) is 0 Å². The molecule has 1 aliphatic carbocycles. The van der Waals surface area contributed by atoms with E-state index in [2.05, 4.69) is 31.2 Å². The Morgan fingerprint density at radius 1 is 1.26 bits per heavy atom. The Morgan fingerprint density at radius 2 is 1.96 bits per heavy atom. The topological polar surface area (TPSA) is 73.3 Å². The lowest BCUT2D eigenvalue weighted by molar-refractivity contribution is 0.0470. The number of rotatable bonds is 3. The minimum Gasteiger partial charge on any atom is -0.474 e. The third-order valence-corrected chi connectivity index (χ3v) is 4.88. The van der Waals surface area contributed by atoms with Crippen LogP contribution in [0.2, 0.25) is 5.15 Å². The zero-order valence-electron chi connectivity index (χ0n) is 15.6. The van der Waals surface area contributed by atoms with Gasteiger partial charge in [0.1, 0.15) is 16.9 Å². The number of carbonyl (C=O) groups excluding carboxylic acids is 1. The third kappa shape index (κ3) is 5.69. The van der Waals surface area contributed by atoms with E-state index in [9.17, 15) is 4.79 Å². The molecule has 2 aromatic heterocycles. The number of ether oxygens (including phenoxy) is 2. The average Bonchev–Trinajstić information content (AvgIpc) is 2.55. The van der Waals surface area contributed by atoms with E-state index in [1.54, 1.807) is 12.3 Å². The molecule has 6 nitrogen and oxygen atoms in total. The Bertz CT molecular complexity index is 833. The molecule has 2 aromatic rings. The maximum absolute atomic E-state index is 11.9. The second-order valence-corrected chi connectivity index (χ2v) is 9.01. The molecule has 0 radical (unpaired) electrons. The molecule has 0 aromatic carbocycles. The van der Waals surface area contributed by atoms with Crippen LogP contribution >= 0.6 is 27.5 Å². The van der Waals surface area contributed by atoms with Crippen LogP contribution in [0.5, 0.6) is 5.88 Å². The van der Waals surface area contributed by atoms with Gasteiger partial charge in [0.25, 0.3) is 0 Å². The number of pyridine rings is 2. The molecule has 0 unspecified atom stereocenters. The van der Waals surface area contributed by atoms with Gasteiger partial charge in [-0.1, -0.05) is 11.6 Å². The lowest BCUT2D eigenvalue weighted by Gasteiger charge is -2.30. The molecular weight excluding hydrogens is 434 g/mol. The summed E-state index contributed by atoms with van der Waals surface area (Å²) in [6, 6.07) is 3.74. The van der Waals surface area contributed by atoms with Crippen LogP contribution in [0, 0.1) is 0 Å². The van der Waals surface area contributed by atoms with E-state index in [-0.39, 0.29) is 18.2 Å². The van der Waals surface area contributed by atoms with Gasteiger partial charge in [-0.3, -0.25) is 4.98 Å². The van der Waals surface area contributed by atoms with Gasteiger partial charge in [-0.2, -0.15) is 0 Å². The van der Waals surface area contributed by atoms with Gasteiger partial charge in [0.15, 0.2) is 0 Å². The average molecular weight is 457 g/mol. The van der Waals surface area contributed by atoms with E-state index < -0.39 is 5.60 Å². The maximum atomic E-state index is 11.9. The van der Waals surface area contributed by atoms with Crippen molar-refractivity contribution < 1.29 is 14.3 Å². The maximum Gasteiger partial charge on any atom is 0.407 e. The summed E-state index contributed by atoms with van der Waals surface area (Å²) in [5.41, 5.74) is 0.250. The quantitative estimate of drug-likeness (QED) is 0.638. The molecule has 0 atom stereocenters. The van der Waals surface area contributed by atoms with Crippen LogP contribution in [0.25, 0.3) is 10.9 Å². The molecule has 3 rings (SSSR count). The number of nitrogens with zero attached hydrogens (tertiary/aromatic N) is 2. The van der Waals surface area contributed by atoms with Gasteiger partial charge >= 0.3 is 6.09 Å². The number of fused-ring (bicyclic) bond motifs is 1. The Balaban J connectivity index is 1.61. The van der Waals surface area contributed by atoms with Crippen molar-refractivity contribution in [1.82, 2.24) is 15.3 Å². The fraction of sp³-hybridized carbons (Fsp3) is 0.526. The molecule has 8 heteroatoms. The van der Waals surface area contributed by atoms with E-state index in [0.29, 0.717) is 11.0 Å². The number of hydrogen-bond donors (Lipinski definition) is 1. The first-order valence-corrected chi connectivity index (χ1v) is 10.1. The zero-order chi connectivity index (χ0) is 19.6. The minimum atomic E-state index is -0.494. The number of aromatic nitrogens is 2. The highest BCUT2D eigenvalue weighted by molar-refractivity contribution is 9.10. The first-order chi connectivity index (χ1) is 12.7. The summed E-state index contributed by atoms with van der Waals surface area (Å²) in [4.78, 5) is 20.6. The van der Waals surface area contributed by atoms with Crippen LogP contribution in [0.3, 0.4) is 0 Å². The summed E-state index contributed by atoms with van der Waals surface area (Å²) < 4.78 is 12.3. The van der Waals surface area contributed by atoms with Crippen molar-refractivity contribution in [3.8, 4) is 5.88 Å². The standard InChI is InChI=1S/C19H23BrClN3O3/c1-19(2,3)27-18(25)23-12-4-6-13(7-5-12)26-17-14-8-11(20)10-22-15(14)9-16(21)24-17/h8-10,12-13H,4-7H2,1-3H3,(H,23,25)/t12-,13+. The number of carbonyl (C=O) groups is 1. The molecule has 27 heavy (non-hydrogen) atoms. The monoisotopic (exact) mass is 455 g/mol. The highest BCUT2D eigenvalue weighted by atomic mass is 79.9. The zero-order valence-corrected chi connectivity index (χ0v) is 17.9. The normalized spacial score (nSPS) is 20.3. The van der Waals surface area contributed by atoms with Crippen LogP contribution in [-0.2, 0) is 4.74 Å². The Kier molecular flexibility index (Phi) is 6.11. The van der Waals surface area contributed by atoms with Gasteiger partial charge in [-0.15, -0.1) is 0 Å². The summed E-state index contributed by atoms with van der Waals surface area (Å²) in [6.45, 7) is 5.56. The third-order valence-electron chi connectivity index (χ3n) is 4.25. The lowest BCUT2D eigenvalue weighted by atomic mass is 9.93. The number of amides is 1.